The molecule has 5 nitrogen and oxygen atoms in total. The quantitative estimate of drug-likeness (QED) is 0.808. The Morgan fingerprint density at radius 2 is 2.20 bits per heavy atom. The minimum atomic E-state index is -0.963. The van der Waals surface area contributed by atoms with E-state index in [1.54, 1.807) is 6.92 Å². The minimum Gasteiger partial charge on any atom is -0.482 e. The zero-order valence-electron chi connectivity index (χ0n) is 10.9. The number of carboxylic acid groups (broad SMARTS) is 1. The number of ether oxygens (including phenoxy) is 1. The lowest BCUT2D eigenvalue weighted by molar-refractivity contribution is -0.141. The molecule has 1 atom stereocenters. The monoisotopic (exact) mass is 303 g/mol. The lowest BCUT2D eigenvalue weighted by Crippen LogP contribution is -2.35. The molecule has 0 saturated carbocycles. The SMILES string of the molecule is CCC(CNC(=O)COc1ccc(F)cc1Cl)C(=O)O. The number of carboxylic acids is 1. The Balaban J connectivity index is 2.41. The van der Waals surface area contributed by atoms with Gasteiger partial charge in [-0.25, -0.2) is 4.39 Å². The minimum absolute atomic E-state index is 0.0329. The number of hydrogen-bond donors (Lipinski definition) is 2. The van der Waals surface area contributed by atoms with Crippen molar-refractivity contribution >= 4 is 23.5 Å². The molecule has 0 aliphatic heterocycles. The molecule has 0 spiro atoms. The summed E-state index contributed by atoms with van der Waals surface area (Å²) >= 11 is 5.73. The zero-order valence-corrected chi connectivity index (χ0v) is 11.6. The number of carbonyl (C=O) groups is 2. The van der Waals surface area contributed by atoms with Gasteiger partial charge in [0.05, 0.1) is 10.9 Å². The fourth-order valence-corrected chi connectivity index (χ4v) is 1.65. The number of aliphatic carboxylic acids is 1. The molecule has 0 aliphatic carbocycles. The molecule has 2 N–H and O–H groups in total. The van der Waals surface area contributed by atoms with E-state index in [4.69, 9.17) is 21.4 Å². The molecule has 1 unspecified atom stereocenters. The molecule has 1 aromatic carbocycles. The average Bonchev–Trinajstić information content (AvgIpc) is 2.38. The molecule has 1 rings (SSSR count). The Bertz CT molecular complexity index is 495. The Kier molecular flexibility index (Phi) is 6.24. The van der Waals surface area contributed by atoms with E-state index in [9.17, 15) is 14.0 Å². The van der Waals surface area contributed by atoms with Gasteiger partial charge in [-0.2, -0.15) is 0 Å². The van der Waals surface area contributed by atoms with Crippen LogP contribution in [0, 0.1) is 11.7 Å². The van der Waals surface area contributed by atoms with E-state index < -0.39 is 23.6 Å². The number of benzene rings is 1. The Labute approximate surface area is 120 Å². The maximum absolute atomic E-state index is 12.8. The molecule has 1 amide bonds. The van der Waals surface area contributed by atoms with Crippen LogP contribution in [0.3, 0.4) is 0 Å². The molecular formula is C13H15ClFNO4. The fraction of sp³-hybridized carbons (Fsp3) is 0.385. The molecule has 110 valence electrons. The first-order valence-electron chi connectivity index (χ1n) is 6.01. The molecular weight excluding hydrogens is 289 g/mol. The number of rotatable bonds is 7. The number of nitrogens with one attached hydrogen (secondary N) is 1. The van der Waals surface area contributed by atoms with E-state index in [-0.39, 0.29) is 23.9 Å². The van der Waals surface area contributed by atoms with Crippen molar-refractivity contribution in [1.82, 2.24) is 5.32 Å². The summed E-state index contributed by atoms with van der Waals surface area (Å²) in [5.41, 5.74) is 0. The first-order valence-corrected chi connectivity index (χ1v) is 6.39. The molecule has 0 bridgehead atoms. The fourth-order valence-electron chi connectivity index (χ4n) is 1.43. The van der Waals surface area contributed by atoms with E-state index in [0.29, 0.717) is 6.42 Å². The summed E-state index contributed by atoms with van der Waals surface area (Å²) in [5.74, 6) is -2.37. The van der Waals surface area contributed by atoms with Crippen LogP contribution in [0.15, 0.2) is 18.2 Å². The third-order valence-electron chi connectivity index (χ3n) is 2.64. The van der Waals surface area contributed by atoms with Crippen molar-refractivity contribution in [1.29, 1.82) is 0 Å². The van der Waals surface area contributed by atoms with Gasteiger partial charge in [0.1, 0.15) is 11.6 Å². The summed E-state index contributed by atoms with van der Waals surface area (Å²) in [6.07, 6.45) is 0.417. The lowest BCUT2D eigenvalue weighted by atomic mass is 10.1. The lowest BCUT2D eigenvalue weighted by Gasteiger charge is -2.12. The Hall–Kier alpha value is -1.82. The highest BCUT2D eigenvalue weighted by atomic mass is 35.5. The second-order valence-corrected chi connectivity index (χ2v) is 4.52. The van der Waals surface area contributed by atoms with Gasteiger partial charge in [0, 0.05) is 6.54 Å². The molecule has 0 fully saturated rings. The van der Waals surface area contributed by atoms with Crippen molar-refractivity contribution in [2.24, 2.45) is 5.92 Å². The predicted molar refractivity (Wildman–Crippen MR) is 71.3 cm³/mol. The Morgan fingerprint density at radius 1 is 1.50 bits per heavy atom. The van der Waals surface area contributed by atoms with Crippen molar-refractivity contribution in [3.63, 3.8) is 0 Å². The van der Waals surface area contributed by atoms with Crippen molar-refractivity contribution in [3.8, 4) is 5.75 Å². The molecule has 0 radical (unpaired) electrons. The molecule has 7 heteroatoms. The van der Waals surface area contributed by atoms with Crippen LogP contribution in [0.1, 0.15) is 13.3 Å². The first kappa shape index (κ1) is 16.2. The molecule has 0 saturated heterocycles. The predicted octanol–water partition coefficient (Wildman–Crippen LogP) is 2.08. The number of hydrogen-bond acceptors (Lipinski definition) is 3. The van der Waals surface area contributed by atoms with Gasteiger partial charge >= 0.3 is 5.97 Å². The topological polar surface area (TPSA) is 75.6 Å². The normalized spacial score (nSPS) is 11.8. The third-order valence-corrected chi connectivity index (χ3v) is 2.94. The van der Waals surface area contributed by atoms with Crippen LogP contribution in [0.25, 0.3) is 0 Å². The highest BCUT2D eigenvalue weighted by Gasteiger charge is 2.16. The number of halogens is 2. The summed E-state index contributed by atoms with van der Waals surface area (Å²) < 4.78 is 17.9. The molecule has 0 aliphatic rings. The highest BCUT2D eigenvalue weighted by molar-refractivity contribution is 6.32. The number of carbonyl (C=O) groups excluding carboxylic acids is 1. The van der Waals surface area contributed by atoms with Gasteiger partial charge in [-0.05, 0) is 24.6 Å². The van der Waals surface area contributed by atoms with Gasteiger partial charge in [-0.1, -0.05) is 18.5 Å². The van der Waals surface area contributed by atoms with E-state index in [1.165, 1.54) is 6.07 Å². The second-order valence-electron chi connectivity index (χ2n) is 4.11. The first-order chi connectivity index (χ1) is 9.43. The summed E-state index contributed by atoms with van der Waals surface area (Å²) in [5, 5.41) is 11.3. The van der Waals surface area contributed by atoms with Crippen LogP contribution in [-0.4, -0.2) is 30.1 Å². The third kappa shape index (κ3) is 5.05. The van der Waals surface area contributed by atoms with Crippen LogP contribution in [0.5, 0.6) is 5.75 Å². The van der Waals surface area contributed by atoms with Crippen molar-refractivity contribution in [3.05, 3.63) is 29.0 Å². The van der Waals surface area contributed by atoms with Gasteiger partial charge in [0.25, 0.3) is 5.91 Å². The summed E-state index contributed by atoms with van der Waals surface area (Å²) in [4.78, 5) is 22.3. The van der Waals surface area contributed by atoms with Gasteiger partial charge < -0.3 is 15.2 Å². The van der Waals surface area contributed by atoms with Crippen LogP contribution in [0.2, 0.25) is 5.02 Å². The molecule has 0 aromatic heterocycles. The zero-order chi connectivity index (χ0) is 15.1. The largest absolute Gasteiger partial charge is 0.482 e. The highest BCUT2D eigenvalue weighted by Crippen LogP contribution is 2.24. The van der Waals surface area contributed by atoms with Crippen LogP contribution in [0.4, 0.5) is 4.39 Å². The van der Waals surface area contributed by atoms with Gasteiger partial charge in [-0.3, -0.25) is 9.59 Å². The maximum Gasteiger partial charge on any atom is 0.308 e. The summed E-state index contributed by atoms with van der Waals surface area (Å²) in [6.45, 7) is 1.44. The van der Waals surface area contributed by atoms with E-state index in [1.807, 2.05) is 0 Å². The van der Waals surface area contributed by atoms with Gasteiger partial charge in [0.15, 0.2) is 6.61 Å². The maximum atomic E-state index is 12.8. The van der Waals surface area contributed by atoms with Crippen molar-refractivity contribution < 1.29 is 23.8 Å². The van der Waals surface area contributed by atoms with Gasteiger partial charge in [0.2, 0.25) is 0 Å². The molecule has 1 aromatic rings. The number of amides is 1. The van der Waals surface area contributed by atoms with Crippen LogP contribution >= 0.6 is 11.6 Å². The van der Waals surface area contributed by atoms with Crippen molar-refractivity contribution in [2.45, 2.75) is 13.3 Å². The van der Waals surface area contributed by atoms with Gasteiger partial charge in [-0.15, -0.1) is 0 Å². The van der Waals surface area contributed by atoms with Crippen LogP contribution in [-0.2, 0) is 9.59 Å². The second kappa shape index (κ2) is 7.69. The summed E-state index contributed by atoms with van der Waals surface area (Å²) in [7, 11) is 0. The average molecular weight is 304 g/mol. The molecule has 20 heavy (non-hydrogen) atoms. The molecule has 0 heterocycles. The summed E-state index contributed by atoms with van der Waals surface area (Å²) in [6, 6.07) is 3.56. The van der Waals surface area contributed by atoms with Crippen molar-refractivity contribution in [2.75, 3.05) is 13.2 Å². The van der Waals surface area contributed by atoms with E-state index in [2.05, 4.69) is 5.32 Å². The van der Waals surface area contributed by atoms with E-state index >= 15 is 0 Å². The van der Waals surface area contributed by atoms with Crippen LogP contribution < -0.4 is 10.1 Å². The Morgan fingerprint density at radius 3 is 2.75 bits per heavy atom. The standard InChI is InChI=1S/C13H15ClFNO4/c1-2-8(13(18)19)6-16-12(17)7-20-11-4-3-9(15)5-10(11)14/h3-5,8H,2,6-7H2,1H3,(H,16,17)(H,18,19). The van der Waals surface area contributed by atoms with E-state index in [0.717, 1.165) is 12.1 Å². The smallest absolute Gasteiger partial charge is 0.308 e.